The van der Waals surface area contributed by atoms with E-state index in [0.29, 0.717) is 19.4 Å². The van der Waals surface area contributed by atoms with Crippen LogP contribution in [-0.4, -0.2) is 23.7 Å². The first-order chi connectivity index (χ1) is 7.63. The molecule has 0 amide bonds. The molecule has 1 rings (SSSR count). The highest BCUT2D eigenvalue weighted by atomic mass is 16.5. The first kappa shape index (κ1) is 12.5. The Bertz CT molecular complexity index is 335. The van der Waals surface area contributed by atoms with Gasteiger partial charge in [-0.3, -0.25) is 4.79 Å². The standard InChI is InChI=1S/C12H17NO3/c1-2-16-10-6-3-9(4-7-10)5-8-11(13)12(14)15/h3-4,6-7,11H,2,5,8,13H2,1H3,(H,14,15)/t11-/m0/s1. The number of aryl methyl sites for hydroxylation is 1. The minimum atomic E-state index is -0.953. The number of benzene rings is 1. The fraction of sp³-hybridized carbons (Fsp3) is 0.417. The van der Waals surface area contributed by atoms with Gasteiger partial charge in [-0.25, -0.2) is 0 Å². The number of ether oxygens (including phenoxy) is 1. The summed E-state index contributed by atoms with van der Waals surface area (Å²) in [5.74, 6) is -0.125. The summed E-state index contributed by atoms with van der Waals surface area (Å²) in [6.07, 6.45) is 1.11. The molecule has 0 aliphatic heterocycles. The van der Waals surface area contributed by atoms with Crippen molar-refractivity contribution in [1.29, 1.82) is 0 Å². The van der Waals surface area contributed by atoms with Crippen molar-refractivity contribution in [2.75, 3.05) is 6.61 Å². The lowest BCUT2D eigenvalue weighted by atomic mass is 10.1. The van der Waals surface area contributed by atoms with Crippen LogP contribution in [0.1, 0.15) is 18.9 Å². The Balaban J connectivity index is 2.46. The van der Waals surface area contributed by atoms with E-state index < -0.39 is 12.0 Å². The largest absolute Gasteiger partial charge is 0.494 e. The fourth-order valence-corrected chi connectivity index (χ4v) is 1.36. The molecule has 1 aromatic carbocycles. The van der Waals surface area contributed by atoms with Crippen molar-refractivity contribution < 1.29 is 14.6 Å². The molecular formula is C12H17NO3. The number of hydrogen-bond donors (Lipinski definition) is 2. The predicted molar refractivity (Wildman–Crippen MR) is 61.5 cm³/mol. The van der Waals surface area contributed by atoms with E-state index in [4.69, 9.17) is 15.6 Å². The van der Waals surface area contributed by atoms with E-state index >= 15 is 0 Å². The first-order valence-electron chi connectivity index (χ1n) is 5.33. The van der Waals surface area contributed by atoms with Crippen LogP contribution in [-0.2, 0) is 11.2 Å². The summed E-state index contributed by atoms with van der Waals surface area (Å²) in [4.78, 5) is 10.5. The van der Waals surface area contributed by atoms with Crippen LogP contribution in [0.15, 0.2) is 24.3 Å². The third kappa shape index (κ3) is 3.90. The molecule has 4 heteroatoms. The Morgan fingerprint density at radius 3 is 2.56 bits per heavy atom. The van der Waals surface area contributed by atoms with Crippen LogP contribution in [0.3, 0.4) is 0 Å². The minimum Gasteiger partial charge on any atom is -0.494 e. The number of carboxylic acid groups (broad SMARTS) is 1. The van der Waals surface area contributed by atoms with Crippen LogP contribution in [0.2, 0.25) is 0 Å². The Labute approximate surface area is 95.0 Å². The summed E-state index contributed by atoms with van der Waals surface area (Å²) in [6.45, 7) is 2.57. The molecular weight excluding hydrogens is 206 g/mol. The maximum Gasteiger partial charge on any atom is 0.320 e. The molecule has 0 radical (unpaired) electrons. The summed E-state index contributed by atoms with van der Waals surface area (Å²) >= 11 is 0. The Morgan fingerprint density at radius 1 is 1.44 bits per heavy atom. The molecule has 0 bridgehead atoms. The molecule has 0 unspecified atom stereocenters. The maximum absolute atomic E-state index is 10.5. The summed E-state index contributed by atoms with van der Waals surface area (Å²) < 4.78 is 5.31. The van der Waals surface area contributed by atoms with E-state index in [1.165, 1.54) is 0 Å². The van der Waals surface area contributed by atoms with Crippen LogP contribution in [0.5, 0.6) is 5.75 Å². The number of carboxylic acids is 1. The van der Waals surface area contributed by atoms with Crippen molar-refractivity contribution >= 4 is 5.97 Å². The topological polar surface area (TPSA) is 72.5 Å². The van der Waals surface area contributed by atoms with Crippen LogP contribution >= 0.6 is 0 Å². The van der Waals surface area contributed by atoms with E-state index in [-0.39, 0.29) is 0 Å². The number of hydrogen-bond acceptors (Lipinski definition) is 3. The maximum atomic E-state index is 10.5. The van der Waals surface area contributed by atoms with Gasteiger partial charge in [0, 0.05) is 0 Å². The molecule has 0 spiro atoms. The molecule has 0 saturated heterocycles. The van der Waals surface area contributed by atoms with Crippen LogP contribution < -0.4 is 10.5 Å². The third-order valence-corrected chi connectivity index (χ3v) is 2.30. The van der Waals surface area contributed by atoms with Crippen LogP contribution in [0, 0.1) is 0 Å². The molecule has 0 heterocycles. The summed E-state index contributed by atoms with van der Waals surface area (Å²) in [5.41, 5.74) is 6.49. The normalized spacial score (nSPS) is 12.1. The minimum absolute atomic E-state index is 0.448. The molecule has 1 aromatic rings. The Morgan fingerprint density at radius 2 is 2.06 bits per heavy atom. The summed E-state index contributed by atoms with van der Waals surface area (Å²) in [6, 6.07) is 6.83. The van der Waals surface area contributed by atoms with Gasteiger partial charge in [0.25, 0.3) is 0 Å². The van der Waals surface area contributed by atoms with Crippen molar-refractivity contribution in [3.8, 4) is 5.75 Å². The monoisotopic (exact) mass is 223 g/mol. The second kappa shape index (κ2) is 6.12. The van der Waals surface area contributed by atoms with Crippen LogP contribution in [0.25, 0.3) is 0 Å². The number of carbonyl (C=O) groups is 1. The molecule has 0 fully saturated rings. The van der Waals surface area contributed by atoms with Gasteiger partial charge in [0.05, 0.1) is 6.61 Å². The van der Waals surface area contributed by atoms with E-state index in [9.17, 15) is 4.79 Å². The molecule has 0 saturated carbocycles. The van der Waals surface area contributed by atoms with Gasteiger partial charge >= 0.3 is 5.97 Å². The highest BCUT2D eigenvalue weighted by Crippen LogP contribution is 2.13. The van der Waals surface area contributed by atoms with E-state index in [1.54, 1.807) is 0 Å². The van der Waals surface area contributed by atoms with Gasteiger partial charge in [-0.2, -0.15) is 0 Å². The molecule has 16 heavy (non-hydrogen) atoms. The third-order valence-electron chi connectivity index (χ3n) is 2.30. The van der Waals surface area contributed by atoms with Gasteiger partial charge in [0.1, 0.15) is 11.8 Å². The molecule has 0 aliphatic rings. The lowest BCUT2D eigenvalue weighted by Crippen LogP contribution is -2.30. The van der Waals surface area contributed by atoms with Crippen molar-refractivity contribution in [2.45, 2.75) is 25.8 Å². The average molecular weight is 223 g/mol. The molecule has 1 atom stereocenters. The van der Waals surface area contributed by atoms with E-state index in [1.807, 2.05) is 31.2 Å². The second-order valence-electron chi connectivity index (χ2n) is 3.56. The van der Waals surface area contributed by atoms with Crippen molar-refractivity contribution in [1.82, 2.24) is 0 Å². The van der Waals surface area contributed by atoms with Gasteiger partial charge < -0.3 is 15.6 Å². The van der Waals surface area contributed by atoms with E-state index in [0.717, 1.165) is 11.3 Å². The fourth-order valence-electron chi connectivity index (χ4n) is 1.36. The second-order valence-corrected chi connectivity index (χ2v) is 3.56. The molecule has 88 valence electrons. The highest BCUT2D eigenvalue weighted by Gasteiger charge is 2.10. The number of rotatable bonds is 6. The van der Waals surface area contributed by atoms with Gasteiger partial charge in [0.15, 0.2) is 0 Å². The van der Waals surface area contributed by atoms with Crippen molar-refractivity contribution in [3.05, 3.63) is 29.8 Å². The molecule has 3 N–H and O–H groups in total. The molecule has 4 nitrogen and oxygen atoms in total. The number of aliphatic carboxylic acids is 1. The molecule has 0 aromatic heterocycles. The van der Waals surface area contributed by atoms with Crippen molar-refractivity contribution in [3.63, 3.8) is 0 Å². The SMILES string of the molecule is CCOc1ccc(CC[C@H](N)C(=O)O)cc1. The lowest BCUT2D eigenvalue weighted by Gasteiger charge is -2.07. The van der Waals surface area contributed by atoms with Crippen molar-refractivity contribution in [2.24, 2.45) is 5.73 Å². The summed E-state index contributed by atoms with van der Waals surface area (Å²) in [5, 5.41) is 8.63. The van der Waals surface area contributed by atoms with Gasteiger partial charge in [-0.15, -0.1) is 0 Å². The zero-order chi connectivity index (χ0) is 12.0. The first-order valence-corrected chi connectivity index (χ1v) is 5.33. The predicted octanol–water partition coefficient (Wildman–Crippen LogP) is 1.43. The quantitative estimate of drug-likeness (QED) is 0.765. The Hall–Kier alpha value is -1.55. The van der Waals surface area contributed by atoms with Gasteiger partial charge in [0.2, 0.25) is 0 Å². The van der Waals surface area contributed by atoms with Gasteiger partial charge in [-0.1, -0.05) is 12.1 Å². The Kier molecular flexibility index (Phi) is 4.79. The lowest BCUT2D eigenvalue weighted by molar-refractivity contribution is -0.138. The molecule has 0 aliphatic carbocycles. The summed E-state index contributed by atoms with van der Waals surface area (Å²) in [7, 11) is 0. The van der Waals surface area contributed by atoms with Crippen LogP contribution in [0.4, 0.5) is 0 Å². The number of nitrogens with two attached hydrogens (primary N) is 1. The zero-order valence-electron chi connectivity index (χ0n) is 9.35. The smallest absolute Gasteiger partial charge is 0.320 e. The highest BCUT2D eigenvalue weighted by molar-refractivity contribution is 5.73. The van der Waals surface area contributed by atoms with Gasteiger partial charge in [-0.05, 0) is 37.5 Å². The van der Waals surface area contributed by atoms with E-state index in [2.05, 4.69) is 0 Å². The zero-order valence-corrected chi connectivity index (χ0v) is 9.35. The average Bonchev–Trinajstić information content (AvgIpc) is 2.28.